The fraction of sp³-hybridized carbons (Fsp3) is 0.400. The maximum absolute atomic E-state index is 8.06. The lowest BCUT2D eigenvalue weighted by molar-refractivity contribution is 1.53. The molecule has 8 heavy (non-hydrogen) atoms. The molecule has 0 amide bonds. The van der Waals surface area contributed by atoms with Gasteiger partial charge in [0.2, 0.25) is 0 Å². The molecule has 0 aliphatic rings. The topological polar surface area (TPSA) is 23.8 Å². The molecule has 0 aromatic carbocycles. The van der Waals surface area contributed by atoms with Crippen molar-refractivity contribution in [3.05, 3.63) is 11.8 Å². The molecule has 0 bridgehead atoms. The molecule has 0 rings (SSSR count). The van der Waals surface area contributed by atoms with Crippen molar-refractivity contribution in [2.24, 2.45) is 0 Å². The number of rotatable bonds is 1. The van der Waals surface area contributed by atoms with Crippen molar-refractivity contribution in [3.8, 4) is 6.07 Å². The van der Waals surface area contributed by atoms with Crippen LogP contribution in [-0.4, -0.2) is 7.38 Å². The van der Waals surface area contributed by atoms with E-state index in [2.05, 4.69) is 0 Å². The molecular weight excluding hydrogens is 138 g/mol. The fourth-order valence-corrected chi connectivity index (χ4v) is 0.895. The summed E-state index contributed by atoms with van der Waals surface area (Å²) in [4.78, 5) is 0. The van der Waals surface area contributed by atoms with Crippen LogP contribution in [-0.2, 0) is 0 Å². The highest BCUT2D eigenvalue weighted by Gasteiger charge is 2.10. The Bertz CT molecular complexity index is 128. The Hall–Kier alpha value is -0.263. The van der Waals surface area contributed by atoms with Crippen molar-refractivity contribution in [3.63, 3.8) is 0 Å². The van der Waals surface area contributed by atoms with Gasteiger partial charge < -0.3 is 0 Å². The summed E-state index contributed by atoms with van der Waals surface area (Å²) in [6.45, 7) is 3.92. The third kappa shape index (κ3) is 5.74. The smallest absolute Gasteiger partial charge is 0.174 e. The normalized spacial score (nSPS) is 11.8. The lowest BCUT2D eigenvalue weighted by Gasteiger charge is -2.01. The largest absolute Gasteiger partial charge is 0.193 e. The van der Waals surface area contributed by atoms with Crippen LogP contribution in [0.4, 0.5) is 0 Å². The summed E-state index contributed by atoms with van der Waals surface area (Å²) in [5, 5.41) is 8.06. The molecule has 0 spiro atoms. The average Bonchev–Trinajstić information content (AvgIpc) is 1.59. The van der Waals surface area contributed by atoms with Gasteiger partial charge in [0.15, 0.2) is 7.38 Å². The van der Waals surface area contributed by atoms with Gasteiger partial charge in [-0.2, -0.15) is 16.3 Å². The summed E-state index contributed by atoms with van der Waals surface area (Å²) < 4.78 is 0. The van der Waals surface area contributed by atoms with Gasteiger partial charge in [-0.1, -0.05) is 18.8 Å². The molecule has 0 saturated heterocycles. The van der Waals surface area contributed by atoms with Crippen LogP contribution in [0.3, 0.4) is 0 Å². The Morgan fingerprint density at radius 1 is 1.62 bits per heavy atom. The SMILES string of the molecule is C[Si](C)(Cl)C=CC#N. The second-order valence-corrected chi connectivity index (χ2v) is 8.41. The van der Waals surface area contributed by atoms with Gasteiger partial charge in [-0.15, -0.1) is 0 Å². The van der Waals surface area contributed by atoms with E-state index in [0.29, 0.717) is 0 Å². The van der Waals surface area contributed by atoms with Crippen LogP contribution in [0.5, 0.6) is 0 Å². The third-order valence-electron chi connectivity index (χ3n) is 0.554. The zero-order valence-corrected chi connectivity index (χ0v) is 6.74. The Labute approximate surface area is 55.3 Å². The standard InChI is InChI=1S/C5H8ClNSi/c1-8(2,6)5-3-4-7/h3,5H,1-2H3. The van der Waals surface area contributed by atoms with E-state index in [0.717, 1.165) is 0 Å². The summed E-state index contributed by atoms with van der Waals surface area (Å²) in [6, 6.07) is 1.89. The van der Waals surface area contributed by atoms with Crippen LogP contribution >= 0.6 is 11.1 Å². The van der Waals surface area contributed by atoms with Crippen LogP contribution < -0.4 is 0 Å². The molecule has 0 fully saturated rings. The van der Waals surface area contributed by atoms with E-state index in [1.807, 2.05) is 19.2 Å². The van der Waals surface area contributed by atoms with E-state index in [1.54, 1.807) is 5.70 Å². The number of hydrogen-bond donors (Lipinski definition) is 0. The van der Waals surface area contributed by atoms with Crippen LogP contribution in [0, 0.1) is 11.3 Å². The summed E-state index contributed by atoms with van der Waals surface area (Å²) >= 11 is 5.81. The van der Waals surface area contributed by atoms with Gasteiger partial charge in [0.25, 0.3) is 0 Å². The minimum Gasteiger partial charge on any atom is -0.193 e. The molecule has 0 atom stereocenters. The van der Waals surface area contributed by atoms with E-state index in [9.17, 15) is 0 Å². The number of nitriles is 1. The Balaban J connectivity index is 3.75. The van der Waals surface area contributed by atoms with Crippen LogP contribution in [0.25, 0.3) is 0 Å². The first-order valence-corrected chi connectivity index (χ1v) is 6.41. The number of halogens is 1. The van der Waals surface area contributed by atoms with Gasteiger partial charge in [0.1, 0.15) is 0 Å². The Morgan fingerprint density at radius 3 is 2.25 bits per heavy atom. The second-order valence-electron chi connectivity index (χ2n) is 2.03. The van der Waals surface area contributed by atoms with Crippen molar-refractivity contribution < 1.29 is 0 Å². The molecule has 0 N–H and O–H groups in total. The molecular formula is C5H8ClNSi. The summed E-state index contributed by atoms with van der Waals surface area (Å²) in [7, 11) is -1.61. The highest BCUT2D eigenvalue weighted by Crippen LogP contribution is 2.07. The maximum Gasteiger partial charge on any atom is 0.174 e. The molecule has 0 aliphatic heterocycles. The van der Waals surface area contributed by atoms with E-state index >= 15 is 0 Å². The van der Waals surface area contributed by atoms with E-state index in [1.165, 1.54) is 6.08 Å². The fourth-order valence-electron chi connectivity index (χ4n) is 0.235. The van der Waals surface area contributed by atoms with E-state index < -0.39 is 7.38 Å². The summed E-state index contributed by atoms with van der Waals surface area (Å²) in [6.07, 6.45) is 1.44. The first-order valence-electron chi connectivity index (χ1n) is 2.32. The molecule has 0 radical (unpaired) electrons. The van der Waals surface area contributed by atoms with Crippen molar-refractivity contribution >= 4 is 18.5 Å². The first-order chi connectivity index (χ1) is 3.56. The number of nitrogens with zero attached hydrogens (tertiary/aromatic N) is 1. The Morgan fingerprint density at radius 2 is 2.12 bits per heavy atom. The highest BCUT2D eigenvalue weighted by atomic mass is 35.6. The van der Waals surface area contributed by atoms with E-state index in [-0.39, 0.29) is 0 Å². The molecule has 0 heterocycles. The van der Waals surface area contributed by atoms with Crippen LogP contribution in [0.15, 0.2) is 11.8 Å². The monoisotopic (exact) mass is 145 g/mol. The molecule has 44 valence electrons. The van der Waals surface area contributed by atoms with Crippen molar-refractivity contribution in [2.75, 3.05) is 0 Å². The Kier molecular flexibility index (Phi) is 2.81. The van der Waals surface area contributed by atoms with Gasteiger partial charge >= 0.3 is 0 Å². The van der Waals surface area contributed by atoms with Crippen molar-refractivity contribution in [1.82, 2.24) is 0 Å². The second kappa shape index (κ2) is 2.90. The zero-order valence-electron chi connectivity index (χ0n) is 4.98. The quantitative estimate of drug-likeness (QED) is 0.315. The summed E-state index contributed by atoms with van der Waals surface area (Å²) in [5.41, 5.74) is 1.79. The van der Waals surface area contributed by atoms with E-state index in [4.69, 9.17) is 16.3 Å². The van der Waals surface area contributed by atoms with Crippen molar-refractivity contribution in [2.45, 2.75) is 13.1 Å². The molecule has 0 aliphatic carbocycles. The number of hydrogen-bond acceptors (Lipinski definition) is 1. The molecule has 0 aromatic rings. The van der Waals surface area contributed by atoms with Crippen LogP contribution in [0.1, 0.15) is 0 Å². The van der Waals surface area contributed by atoms with Gasteiger partial charge in [0.05, 0.1) is 6.07 Å². The minimum absolute atomic E-state index is 1.44. The van der Waals surface area contributed by atoms with Gasteiger partial charge in [-0.05, 0) is 0 Å². The van der Waals surface area contributed by atoms with Gasteiger partial charge in [-0.3, -0.25) is 0 Å². The van der Waals surface area contributed by atoms with Gasteiger partial charge in [-0.25, -0.2) is 0 Å². The zero-order chi connectivity index (χ0) is 6.62. The highest BCUT2D eigenvalue weighted by molar-refractivity contribution is 7.21. The molecule has 3 heteroatoms. The third-order valence-corrected chi connectivity index (χ3v) is 1.89. The van der Waals surface area contributed by atoms with Crippen molar-refractivity contribution in [1.29, 1.82) is 5.26 Å². The predicted molar refractivity (Wildman–Crippen MR) is 38.1 cm³/mol. The molecule has 0 unspecified atom stereocenters. The maximum atomic E-state index is 8.06. The first kappa shape index (κ1) is 7.74. The van der Waals surface area contributed by atoms with Crippen LogP contribution in [0.2, 0.25) is 13.1 Å². The average molecular weight is 146 g/mol. The predicted octanol–water partition coefficient (Wildman–Crippen LogP) is 2.05. The number of allylic oxidation sites excluding steroid dienone is 1. The minimum atomic E-state index is -1.61. The molecule has 0 aromatic heterocycles. The molecule has 1 nitrogen and oxygen atoms in total. The molecule has 0 saturated carbocycles. The lowest BCUT2D eigenvalue weighted by atomic mass is 10.7. The lowest BCUT2D eigenvalue weighted by Crippen LogP contribution is -2.11. The summed E-state index contributed by atoms with van der Waals surface area (Å²) in [5.74, 6) is 0. The van der Waals surface area contributed by atoms with Gasteiger partial charge in [0, 0.05) is 6.08 Å².